The van der Waals surface area contributed by atoms with Gasteiger partial charge in [-0.25, -0.2) is 5.43 Å². The van der Waals surface area contributed by atoms with Gasteiger partial charge in [-0.3, -0.25) is 25.0 Å². The SMILES string of the molecule is O=C(N/N=C/c1ccc([N+](=O)[O-])s1)c1cccc([N+](=O)[O-])c1. The molecule has 112 valence electrons. The molecule has 0 spiro atoms. The Morgan fingerprint density at radius 1 is 1.18 bits per heavy atom. The predicted octanol–water partition coefficient (Wildman–Crippen LogP) is 2.33. The molecule has 9 nitrogen and oxygen atoms in total. The highest BCUT2D eigenvalue weighted by Crippen LogP contribution is 2.22. The summed E-state index contributed by atoms with van der Waals surface area (Å²) in [4.78, 5) is 32.3. The van der Waals surface area contributed by atoms with E-state index >= 15 is 0 Å². The van der Waals surface area contributed by atoms with Crippen LogP contribution in [0.2, 0.25) is 0 Å². The molecule has 0 bridgehead atoms. The van der Waals surface area contributed by atoms with Gasteiger partial charge in [-0.2, -0.15) is 5.10 Å². The lowest BCUT2D eigenvalue weighted by molar-refractivity contribution is -0.384. The number of carbonyl (C=O) groups excluding carboxylic acids is 1. The third-order valence-electron chi connectivity index (χ3n) is 2.47. The van der Waals surface area contributed by atoms with Crippen molar-refractivity contribution in [1.82, 2.24) is 5.43 Å². The second kappa shape index (κ2) is 6.54. The van der Waals surface area contributed by atoms with Gasteiger partial charge >= 0.3 is 5.00 Å². The molecule has 0 aliphatic rings. The zero-order valence-corrected chi connectivity index (χ0v) is 11.6. The van der Waals surface area contributed by atoms with Gasteiger partial charge in [0.05, 0.1) is 20.9 Å². The zero-order chi connectivity index (χ0) is 16.1. The van der Waals surface area contributed by atoms with Gasteiger partial charge in [0.2, 0.25) is 0 Å². The Bertz CT molecular complexity index is 770. The first-order valence-electron chi connectivity index (χ1n) is 5.79. The monoisotopic (exact) mass is 320 g/mol. The van der Waals surface area contributed by atoms with Crippen molar-refractivity contribution in [1.29, 1.82) is 0 Å². The summed E-state index contributed by atoms with van der Waals surface area (Å²) in [5.74, 6) is -0.619. The highest BCUT2D eigenvalue weighted by Gasteiger charge is 2.11. The summed E-state index contributed by atoms with van der Waals surface area (Å²) in [5, 5.41) is 24.8. The summed E-state index contributed by atoms with van der Waals surface area (Å²) >= 11 is 0.906. The molecule has 1 aromatic carbocycles. The number of carbonyl (C=O) groups is 1. The maximum absolute atomic E-state index is 11.8. The van der Waals surface area contributed by atoms with E-state index in [0.29, 0.717) is 4.88 Å². The van der Waals surface area contributed by atoms with Crippen molar-refractivity contribution in [3.05, 3.63) is 67.1 Å². The largest absolute Gasteiger partial charge is 0.324 e. The minimum atomic E-state index is -0.619. The van der Waals surface area contributed by atoms with Gasteiger partial charge < -0.3 is 0 Å². The molecule has 0 fully saturated rings. The van der Waals surface area contributed by atoms with Crippen LogP contribution in [0.15, 0.2) is 41.5 Å². The maximum Gasteiger partial charge on any atom is 0.324 e. The summed E-state index contributed by atoms with van der Waals surface area (Å²) in [6.07, 6.45) is 1.26. The molecule has 0 atom stereocenters. The summed E-state index contributed by atoms with van der Waals surface area (Å²) in [5.41, 5.74) is 2.08. The maximum atomic E-state index is 11.8. The standard InChI is InChI=1S/C12H8N4O5S/c17-12(8-2-1-3-9(6-8)15(18)19)14-13-7-10-4-5-11(22-10)16(20)21/h1-7H,(H,14,17)/b13-7+. The van der Waals surface area contributed by atoms with Gasteiger partial charge in [-0.05, 0) is 12.1 Å². The fraction of sp³-hybridized carbons (Fsp3) is 0. The number of nitrogens with zero attached hydrogens (tertiary/aromatic N) is 3. The third kappa shape index (κ3) is 3.70. The highest BCUT2D eigenvalue weighted by molar-refractivity contribution is 7.16. The third-order valence-corrected chi connectivity index (χ3v) is 3.44. The zero-order valence-electron chi connectivity index (χ0n) is 10.8. The molecule has 1 amide bonds. The number of nitrogens with one attached hydrogen (secondary N) is 1. The van der Waals surface area contributed by atoms with Gasteiger partial charge in [0, 0.05) is 23.8 Å². The molecule has 1 heterocycles. The molecule has 2 aromatic rings. The quantitative estimate of drug-likeness (QED) is 0.513. The molecular formula is C12H8N4O5S. The second-order valence-electron chi connectivity index (χ2n) is 3.94. The number of benzene rings is 1. The summed E-state index contributed by atoms with van der Waals surface area (Å²) in [7, 11) is 0. The first-order valence-corrected chi connectivity index (χ1v) is 6.61. The Hall–Kier alpha value is -3.14. The Balaban J connectivity index is 2.02. The van der Waals surface area contributed by atoms with E-state index in [0.717, 1.165) is 17.4 Å². The van der Waals surface area contributed by atoms with Crippen molar-refractivity contribution in [3.63, 3.8) is 0 Å². The molecule has 1 aromatic heterocycles. The van der Waals surface area contributed by atoms with E-state index in [1.807, 2.05) is 0 Å². The van der Waals surface area contributed by atoms with Crippen molar-refractivity contribution >= 4 is 34.1 Å². The smallest absolute Gasteiger partial charge is 0.267 e. The minimum Gasteiger partial charge on any atom is -0.267 e. The van der Waals surface area contributed by atoms with E-state index < -0.39 is 15.8 Å². The lowest BCUT2D eigenvalue weighted by Crippen LogP contribution is -2.17. The van der Waals surface area contributed by atoms with Crippen LogP contribution in [-0.2, 0) is 0 Å². The fourth-order valence-corrected chi connectivity index (χ4v) is 2.18. The first kappa shape index (κ1) is 15.3. The lowest BCUT2D eigenvalue weighted by atomic mass is 10.2. The topological polar surface area (TPSA) is 128 Å². The van der Waals surface area contributed by atoms with Crippen LogP contribution in [0.1, 0.15) is 15.2 Å². The van der Waals surface area contributed by atoms with Crippen LogP contribution in [0.4, 0.5) is 10.7 Å². The van der Waals surface area contributed by atoms with Crippen LogP contribution in [0.25, 0.3) is 0 Å². The second-order valence-corrected chi connectivity index (χ2v) is 5.03. The van der Waals surface area contributed by atoms with E-state index in [2.05, 4.69) is 10.5 Å². The summed E-state index contributed by atoms with van der Waals surface area (Å²) in [6.45, 7) is 0. The Kier molecular flexibility index (Phi) is 4.53. The van der Waals surface area contributed by atoms with Crippen molar-refractivity contribution in [2.45, 2.75) is 0 Å². The van der Waals surface area contributed by atoms with Gasteiger partial charge in [0.25, 0.3) is 11.6 Å². The normalized spacial score (nSPS) is 10.5. The Labute approximate surface area is 127 Å². The van der Waals surface area contributed by atoms with Gasteiger partial charge in [0.15, 0.2) is 0 Å². The number of thiophene rings is 1. The van der Waals surface area contributed by atoms with Crippen molar-refractivity contribution in [3.8, 4) is 0 Å². The van der Waals surface area contributed by atoms with E-state index in [1.54, 1.807) is 0 Å². The molecule has 22 heavy (non-hydrogen) atoms. The number of hydrazone groups is 1. The number of nitro benzene ring substituents is 1. The number of amides is 1. The van der Waals surface area contributed by atoms with E-state index in [4.69, 9.17) is 0 Å². The van der Waals surface area contributed by atoms with Crippen LogP contribution < -0.4 is 5.43 Å². The molecule has 0 radical (unpaired) electrons. The van der Waals surface area contributed by atoms with Crippen molar-refractivity contribution in [2.24, 2.45) is 5.10 Å². The molecule has 0 aliphatic carbocycles. The summed E-state index contributed by atoms with van der Waals surface area (Å²) in [6, 6.07) is 8.01. The average molecular weight is 320 g/mol. The average Bonchev–Trinajstić information content (AvgIpc) is 2.96. The Morgan fingerprint density at radius 3 is 2.59 bits per heavy atom. The van der Waals surface area contributed by atoms with Crippen LogP contribution >= 0.6 is 11.3 Å². The van der Waals surface area contributed by atoms with Crippen molar-refractivity contribution in [2.75, 3.05) is 0 Å². The van der Waals surface area contributed by atoms with Gasteiger partial charge in [-0.15, -0.1) is 0 Å². The van der Waals surface area contributed by atoms with Gasteiger partial charge in [0.1, 0.15) is 0 Å². The van der Waals surface area contributed by atoms with Crippen LogP contribution in [0.3, 0.4) is 0 Å². The molecular weight excluding hydrogens is 312 g/mol. The van der Waals surface area contributed by atoms with Crippen LogP contribution in [-0.4, -0.2) is 22.0 Å². The molecule has 0 unspecified atom stereocenters. The van der Waals surface area contributed by atoms with E-state index in [1.165, 1.54) is 36.5 Å². The molecule has 1 N–H and O–H groups in total. The molecule has 0 aliphatic heterocycles. The minimum absolute atomic E-state index is 0.0357. The molecule has 10 heteroatoms. The number of rotatable bonds is 5. The highest BCUT2D eigenvalue weighted by atomic mass is 32.1. The van der Waals surface area contributed by atoms with E-state index in [-0.39, 0.29) is 16.3 Å². The molecule has 0 saturated carbocycles. The van der Waals surface area contributed by atoms with Gasteiger partial charge in [-0.1, -0.05) is 17.4 Å². The first-order chi connectivity index (χ1) is 10.5. The van der Waals surface area contributed by atoms with Crippen molar-refractivity contribution < 1.29 is 14.6 Å². The molecule has 0 saturated heterocycles. The Morgan fingerprint density at radius 2 is 1.95 bits per heavy atom. The fourth-order valence-electron chi connectivity index (χ4n) is 1.49. The molecule has 2 rings (SSSR count). The number of nitro groups is 2. The lowest BCUT2D eigenvalue weighted by Gasteiger charge is -1.99. The number of hydrogen-bond acceptors (Lipinski definition) is 7. The summed E-state index contributed by atoms with van der Waals surface area (Å²) < 4.78 is 0. The van der Waals surface area contributed by atoms with Crippen LogP contribution in [0.5, 0.6) is 0 Å². The van der Waals surface area contributed by atoms with Crippen LogP contribution in [0, 0.1) is 20.2 Å². The number of hydrogen-bond donors (Lipinski definition) is 1. The van der Waals surface area contributed by atoms with E-state index in [9.17, 15) is 25.0 Å². The predicted molar refractivity (Wildman–Crippen MR) is 79.1 cm³/mol. The number of non-ortho nitro benzene ring substituents is 1.